The molecule has 0 aromatic heterocycles. The van der Waals surface area contributed by atoms with E-state index in [1.54, 1.807) is 0 Å². The largest absolute Gasteiger partial charge is 0.472 e. The molecule has 1 unspecified atom stereocenters. The normalized spacial score (nSPS) is 13.8. The predicted octanol–water partition coefficient (Wildman–Crippen LogP) is 12.2. The number of rotatable bonds is 44. The molecule has 0 fully saturated rings. The van der Waals surface area contributed by atoms with Crippen LogP contribution in [0, 0.1) is 0 Å². The molecule has 0 heterocycles. The third-order valence-electron chi connectivity index (χ3n) is 10.3. The molecule has 0 radical (unpaired) electrons. The summed E-state index contributed by atoms with van der Waals surface area (Å²) in [7, 11) is -4.60. The van der Waals surface area contributed by atoms with Crippen molar-refractivity contribution in [2.45, 2.75) is 244 Å². The number of phosphoric ester groups is 1. The average molecular weight is 807 g/mol. The Morgan fingerprint density at radius 1 is 0.473 bits per heavy atom. The van der Waals surface area contributed by atoms with Crippen molar-refractivity contribution in [2.24, 2.45) is 0 Å². The first kappa shape index (κ1) is 54.0. The average Bonchev–Trinajstić information content (AvgIpc) is 3.17. The maximum Gasteiger partial charge on any atom is 0.472 e. The lowest BCUT2D eigenvalue weighted by Crippen LogP contribution is -2.29. The Bertz CT molecular complexity index is 889. The van der Waals surface area contributed by atoms with Crippen molar-refractivity contribution in [2.75, 3.05) is 26.4 Å². The summed E-state index contributed by atoms with van der Waals surface area (Å²) in [5.74, 6) is -0.912. The summed E-state index contributed by atoms with van der Waals surface area (Å²) in [6.07, 6.45) is 38.1. The molecule has 10 nitrogen and oxygen atoms in total. The Labute approximate surface area is 337 Å². The van der Waals surface area contributed by atoms with Gasteiger partial charge >= 0.3 is 19.8 Å². The van der Waals surface area contributed by atoms with Gasteiger partial charge in [-0.3, -0.25) is 18.6 Å². The summed E-state index contributed by atoms with van der Waals surface area (Å²) >= 11 is 0. The molecule has 0 aromatic carbocycles. The van der Waals surface area contributed by atoms with Gasteiger partial charge in [0, 0.05) is 12.8 Å². The Morgan fingerprint density at radius 2 is 0.782 bits per heavy atom. The van der Waals surface area contributed by atoms with E-state index in [-0.39, 0.29) is 19.4 Å². The van der Waals surface area contributed by atoms with Gasteiger partial charge in [0.15, 0.2) is 6.10 Å². The summed E-state index contributed by atoms with van der Waals surface area (Å²) in [5, 5.41) is 18.3. The minimum Gasteiger partial charge on any atom is -0.462 e. The van der Waals surface area contributed by atoms with Crippen LogP contribution in [0.4, 0.5) is 0 Å². The highest BCUT2D eigenvalue weighted by Gasteiger charge is 2.27. The number of carbonyl (C=O) groups is 2. The Hall–Kier alpha value is -1.03. The lowest BCUT2D eigenvalue weighted by atomic mass is 10.0. The maximum atomic E-state index is 12.5. The quantitative estimate of drug-likeness (QED) is 0.0308. The van der Waals surface area contributed by atoms with Crippen LogP contribution in [-0.2, 0) is 32.7 Å². The molecule has 0 amide bonds. The molecule has 11 heteroatoms. The minimum absolute atomic E-state index is 0.190. The molecule has 55 heavy (non-hydrogen) atoms. The molecule has 3 N–H and O–H groups in total. The molecule has 0 aliphatic heterocycles. The smallest absolute Gasteiger partial charge is 0.462 e. The molecule has 0 spiro atoms. The minimum atomic E-state index is -4.60. The van der Waals surface area contributed by atoms with Gasteiger partial charge in [-0.2, -0.15) is 0 Å². The molecule has 328 valence electrons. The second-order valence-electron chi connectivity index (χ2n) is 15.8. The van der Waals surface area contributed by atoms with Gasteiger partial charge in [0.2, 0.25) is 0 Å². The molecule has 0 aromatic rings. The number of hydrogen-bond acceptors (Lipinski definition) is 9. The van der Waals surface area contributed by atoms with Gasteiger partial charge in [-0.25, -0.2) is 4.57 Å². The fourth-order valence-electron chi connectivity index (χ4n) is 6.70. The SMILES string of the molecule is CCCCCCCCCCCCCCCCCCCCCCCCCC(=O)OC[C@@H](COP(=O)(O)OC[C@H](O)CO)OC(=O)CCCCCCCCCCC. The van der Waals surface area contributed by atoms with Crippen molar-refractivity contribution in [1.29, 1.82) is 0 Å². The number of aliphatic hydroxyl groups is 2. The van der Waals surface area contributed by atoms with E-state index < -0.39 is 51.8 Å². The van der Waals surface area contributed by atoms with E-state index in [0.717, 1.165) is 32.1 Å². The van der Waals surface area contributed by atoms with Crippen molar-refractivity contribution in [3.05, 3.63) is 0 Å². The van der Waals surface area contributed by atoms with Crippen LogP contribution < -0.4 is 0 Å². The molecule has 0 saturated heterocycles. The van der Waals surface area contributed by atoms with Crippen LogP contribution in [0.25, 0.3) is 0 Å². The number of phosphoric acid groups is 1. The van der Waals surface area contributed by atoms with Gasteiger partial charge in [-0.15, -0.1) is 0 Å². The van der Waals surface area contributed by atoms with Crippen LogP contribution in [-0.4, -0.2) is 65.7 Å². The highest BCUT2D eigenvalue weighted by atomic mass is 31.2. The summed E-state index contributed by atoms with van der Waals surface area (Å²) in [4.78, 5) is 34.9. The van der Waals surface area contributed by atoms with E-state index in [2.05, 4.69) is 18.4 Å². The van der Waals surface area contributed by atoms with Crippen molar-refractivity contribution in [3.63, 3.8) is 0 Å². The summed E-state index contributed by atoms with van der Waals surface area (Å²) in [6.45, 7) is 2.39. The molecule has 0 aliphatic rings. The zero-order chi connectivity index (χ0) is 40.5. The maximum absolute atomic E-state index is 12.5. The zero-order valence-electron chi connectivity index (χ0n) is 35.7. The van der Waals surface area contributed by atoms with E-state index in [1.165, 1.54) is 161 Å². The van der Waals surface area contributed by atoms with E-state index in [9.17, 15) is 24.2 Å². The van der Waals surface area contributed by atoms with Gasteiger partial charge in [0.05, 0.1) is 19.8 Å². The van der Waals surface area contributed by atoms with Gasteiger partial charge in [0.25, 0.3) is 0 Å². The van der Waals surface area contributed by atoms with Crippen LogP contribution in [0.3, 0.4) is 0 Å². The van der Waals surface area contributed by atoms with E-state index in [4.69, 9.17) is 19.1 Å². The second-order valence-corrected chi connectivity index (χ2v) is 17.3. The second kappa shape index (κ2) is 41.1. The highest BCUT2D eigenvalue weighted by Crippen LogP contribution is 2.43. The Balaban J connectivity index is 4.03. The van der Waals surface area contributed by atoms with Gasteiger partial charge < -0.3 is 24.6 Å². The molecule has 0 rings (SSSR count). The van der Waals surface area contributed by atoms with Gasteiger partial charge in [-0.1, -0.05) is 206 Å². The number of aliphatic hydroxyl groups excluding tert-OH is 2. The molecular weight excluding hydrogens is 719 g/mol. The molecule has 0 saturated carbocycles. The van der Waals surface area contributed by atoms with E-state index in [1.807, 2.05) is 0 Å². The first-order chi connectivity index (χ1) is 26.7. The van der Waals surface area contributed by atoms with Crippen LogP contribution in [0.5, 0.6) is 0 Å². The van der Waals surface area contributed by atoms with Crippen molar-refractivity contribution < 1.29 is 47.8 Å². The summed E-state index contributed by atoms with van der Waals surface area (Å²) in [5.41, 5.74) is 0. The molecule has 0 bridgehead atoms. The highest BCUT2D eigenvalue weighted by molar-refractivity contribution is 7.47. The van der Waals surface area contributed by atoms with E-state index >= 15 is 0 Å². The van der Waals surface area contributed by atoms with Crippen molar-refractivity contribution in [1.82, 2.24) is 0 Å². The molecule has 3 atom stereocenters. The first-order valence-corrected chi connectivity index (χ1v) is 24.5. The van der Waals surface area contributed by atoms with Crippen LogP contribution >= 0.6 is 7.82 Å². The third kappa shape index (κ3) is 40.9. The molecule has 0 aliphatic carbocycles. The number of esters is 2. The zero-order valence-corrected chi connectivity index (χ0v) is 36.6. The van der Waals surface area contributed by atoms with Gasteiger partial charge in [0.1, 0.15) is 12.7 Å². The number of carbonyl (C=O) groups excluding carboxylic acids is 2. The first-order valence-electron chi connectivity index (χ1n) is 23.0. The lowest BCUT2D eigenvalue weighted by molar-refractivity contribution is -0.161. The standard InChI is InChI=1S/C44H87O10P/c1-3-5-7-9-11-13-14-15-16-17-18-19-20-21-22-23-24-25-26-28-29-31-33-35-43(47)51-39-42(40-53-55(49,50)52-38-41(46)37-45)54-44(48)36-34-32-30-27-12-10-8-6-4-2/h41-42,45-46H,3-40H2,1-2H3,(H,49,50)/t41-,42+/m1/s1. The Kier molecular flexibility index (Phi) is 40.4. The van der Waals surface area contributed by atoms with E-state index in [0.29, 0.717) is 12.8 Å². The number of hydrogen-bond donors (Lipinski definition) is 3. The molecular formula is C44H87O10P. The fraction of sp³-hybridized carbons (Fsp3) is 0.955. The lowest BCUT2D eigenvalue weighted by Gasteiger charge is -2.20. The Morgan fingerprint density at radius 3 is 1.13 bits per heavy atom. The number of ether oxygens (including phenoxy) is 2. The van der Waals surface area contributed by atoms with Crippen molar-refractivity contribution >= 4 is 19.8 Å². The third-order valence-corrected chi connectivity index (χ3v) is 11.2. The predicted molar refractivity (Wildman–Crippen MR) is 224 cm³/mol. The fourth-order valence-corrected chi connectivity index (χ4v) is 7.49. The summed E-state index contributed by atoms with van der Waals surface area (Å²) < 4.78 is 32.7. The monoisotopic (exact) mass is 807 g/mol. The van der Waals surface area contributed by atoms with Crippen LogP contribution in [0.2, 0.25) is 0 Å². The topological polar surface area (TPSA) is 149 Å². The van der Waals surface area contributed by atoms with Crippen LogP contribution in [0.15, 0.2) is 0 Å². The van der Waals surface area contributed by atoms with Crippen molar-refractivity contribution in [3.8, 4) is 0 Å². The number of unbranched alkanes of at least 4 members (excludes halogenated alkanes) is 30. The summed E-state index contributed by atoms with van der Waals surface area (Å²) in [6, 6.07) is 0. The van der Waals surface area contributed by atoms with Gasteiger partial charge in [-0.05, 0) is 12.8 Å². The van der Waals surface area contributed by atoms with Crippen LogP contribution in [0.1, 0.15) is 232 Å².